The van der Waals surface area contributed by atoms with Crippen molar-refractivity contribution in [2.45, 2.75) is 18.5 Å². The van der Waals surface area contributed by atoms with Crippen LogP contribution < -0.4 is 5.32 Å². The molecule has 1 spiro atoms. The maximum Gasteiger partial charge on any atom is 0.325 e. The van der Waals surface area contributed by atoms with Gasteiger partial charge in [0.15, 0.2) is 0 Å². The van der Waals surface area contributed by atoms with Gasteiger partial charge in [-0.05, 0) is 23.6 Å². The Kier molecular flexibility index (Phi) is 4.14. The van der Waals surface area contributed by atoms with Crippen LogP contribution in [0.15, 0.2) is 17.5 Å². The van der Waals surface area contributed by atoms with Crippen LogP contribution in [0, 0.1) is 0 Å². The predicted octanol–water partition coefficient (Wildman–Crippen LogP) is 1.13. The SMILES string of the molecule is CN(Cc1cccs1)C(=O)CN1C(=O)NC2(CCSC2)C1=O. The summed E-state index contributed by atoms with van der Waals surface area (Å²) in [6, 6.07) is 3.43. The lowest BCUT2D eigenvalue weighted by atomic mass is 9.99. The quantitative estimate of drug-likeness (QED) is 0.835. The zero-order valence-corrected chi connectivity index (χ0v) is 13.8. The summed E-state index contributed by atoms with van der Waals surface area (Å²) in [5, 5.41) is 4.72. The number of likely N-dealkylation sites (N-methyl/N-ethyl adjacent to an activating group) is 1. The van der Waals surface area contributed by atoms with Crippen molar-refractivity contribution in [1.29, 1.82) is 0 Å². The van der Waals surface area contributed by atoms with Crippen LogP contribution in [0.2, 0.25) is 0 Å². The molecule has 22 heavy (non-hydrogen) atoms. The van der Waals surface area contributed by atoms with Gasteiger partial charge in [-0.2, -0.15) is 11.8 Å². The Morgan fingerprint density at radius 2 is 2.32 bits per heavy atom. The molecule has 118 valence electrons. The number of hydrogen-bond donors (Lipinski definition) is 1. The van der Waals surface area contributed by atoms with Gasteiger partial charge in [-0.15, -0.1) is 11.3 Å². The van der Waals surface area contributed by atoms with Gasteiger partial charge in [-0.1, -0.05) is 6.07 Å². The van der Waals surface area contributed by atoms with Crippen molar-refractivity contribution in [2.75, 3.05) is 25.1 Å². The molecule has 1 aromatic heterocycles. The summed E-state index contributed by atoms with van der Waals surface area (Å²) in [6.07, 6.45) is 0.637. The normalized spacial score (nSPS) is 24.1. The number of urea groups is 1. The topological polar surface area (TPSA) is 69.7 Å². The molecule has 8 heteroatoms. The van der Waals surface area contributed by atoms with Crippen molar-refractivity contribution < 1.29 is 14.4 Å². The molecule has 0 saturated carbocycles. The smallest absolute Gasteiger partial charge is 0.325 e. The van der Waals surface area contributed by atoms with E-state index in [9.17, 15) is 14.4 Å². The Morgan fingerprint density at radius 1 is 1.50 bits per heavy atom. The van der Waals surface area contributed by atoms with Gasteiger partial charge in [-0.25, -0.2) is 4.79 Å². The van der Waals surface area contributed by atoms with E-state index in [1.807, 2.05) is 17.5 Å². The zero-order valence-electron chi connectivity index (χ0n) is 12.2. The summed E-state index contributed by atoms with van der Waals surface area (Å²) in [5.74, 6) is 0.944. The van der Waals surface area contributed by atoms with E-state index in [0.29, 0.717) is 18.7 Å². The van der Waals surface area contributed by atoms with E-state index in [0.717, 1.165) is 15.5 Å². The molecule has 2 saturated heterocycles. The third kappa shape index (κ3) is 2.72. The number of amides is 4. The highest BCUT2D eigenvalue weighted by atomic mass is 32.2. The fraction of sp³-hybridized carbons (Fsp3) is 0.500. The fourth-order valence-electron chi connectivity index (χ4n) is 2.63. The summed E-state index contributed by atoms with van der Waals surface area (Å²) in [4.78, 5) is 40.4. The van der Waals surface area contributed by atoms with E-state index in [2.05, 4.69) is 5.32 Å². The van der Waals surface area contributed by atoms with Crippen molar-refractivity contribution in [2.24, 2.45) is 0 Å². The molecule has 3 heterocycles. The Morgan fingerprint density at radius 3 is 2.95 bits per heavy atom. The standard InChI is InChI=1S/C14H17N3O3S2/c1-16(7-10-3-2-5-22-10)11(18)8-17-12(19)14(15-13(17)20)4-6-21-9-14/h2-3,5H,4,6-9H2,1H3,(H,15,20). The number of rotatable bonds is 4. The van der Waals surface area contributed by atoms with E-state index in [4.69, 9.17) is 0 Å². The van der Waals surface area contributed by atoms with Crippen LogP contribution in [-0.2, 0) is 16.1 Å². The molecule has 1 atom stereocenters. The summed E-state index contributed by atoms with van der Waals surface area (Å²) in [5.41, 5.74) is -0.783. The largest absolute Gasteiger partial charge is 0.339 e. The molecule has 6 nitrogen and oxygen atoms in total. The number of nitrogens with zero attached hydrogens (tertiary/aromatic N) is 2. The van der Waals surface area contributed by atoms with Gasteiger partial charge in [-0.3, -0.25) is 14.5 Å². The average Bonchev–Trinajstić information content (AvgIpc) is 3.19. The first-order valence-corrected chi connectivity index (χ1v) is 9.03. The highest BCUT2D eigenvalue weighted by molar-refractivity contribution is 7.99. The number of nitrogens with one attached hydrogen (secondary N) is 1. The number of carbonyl (C=O) groups excluding carboxylic acids is 3. The van der Waals surface area contributed by atoms with Crippen LogP contribution in [0.1, 0.15) is 11.3 Å². The molecule has 0 aromatic carbocycles. The van der Waals surface area contributed by atoms with Gasteiger partial charge in [0.2, 0.25) is 5.91 Å². The summed E-state index contributed by atoms with van der Waals surface area (Å²) in [6.45, 7) is 0.292. The second kappa shape index (κ2) is 5.92. The van der Waals surface area contributed by atoms with Crippen LogP contribution in [0.5, 0.6) is 0 Å². The van der Waals surface area contributed by atoms with E-state index >= 15 is 0 Å². The maximum atomic E-state index is 12.5. The number of thioether (sulfide) groups is 1. The lowest BCUT2D eigenvalue weighted by Crippen LogP contribution is -2.47. The number of hydrogen-bond acceptors (Lipinski definition) is 5. The average molecular weight is 339 g/mol. The fourth-order valence-corrected chi connectivity index (χ4v) is 4.72. The molecular weight excluding hydrogens is 322 g/mol. The Labute approximate surface area is 136 Å². The zero-order chi connectivity index (χ0) is 15.7. The molecule has 0 bridgehead atoms. The van der Waals surface area contributed by atoms with E-state index in [1.165, 1.54) is 0 Å². The highest BCUT2D eigenvalue weighted by Crippen LogP contribution is 2.33. The highest BCUT2D eigenvalue weighted by Gasteiger charge is 2.53. The second-order valence-electron chi connectivity index (χ2n) is 5.54. The van der Waals surface area contributed by atoms with Gasteiger partial charge in [0.05, 0.1) is 6.54 Å². The minimum Gasteiger partial charge on any atom is -0.339 e. The molecule has 2 aliphatic heterocycles. The van der Waals surface area contributed by atoms with E-state index in [1.54, 1.807) is 35.0 Å². The molecule has 2 aliphatic rings. The summed E-state index contributed by atoms with van der Waals surface area (Å²) >= 11 is 3.22. The lowest BCUT2D eigenvalue weighted by Gasteiger charge is -2.21. The van der Waals surface area contributed by atoms with E-state index < -0.39 is 11.6 Å². The van der Waals surface area contributed by atoms with Crippen LogP contribution in [0.4, 0.5) is 4.79 Å². The maximum absolute atomic E-state index is 12.5. The van der Waals surface area contributed by atoms with Crippen molar-refractivity contribution >= 4 is 40.9 Å². The third-order valence-corrected chi connectivity index (χ3v) is 6.01. The first-order valence-electron chi connectivity index (χ1n) is 7.00. The molecule has 2 fully saturated rings. The van der Waals surface area contributed by atoms with Gasteiger partial charge in [0, 0.05) is 17.7 Å². The minimum atomic E-state index is -0.783. The molecule has 1 unspecified atom stereocenters. The van der Waals surface area contributed by atoms with Gasteiger partial charge < -0.3 is 10.2 Å². The van der Waals surface area contributed by atoms with Crippen molar-refractivity contribution in [3.05, 3.63) is 22.4 Å². The Balaban J connectivity index is 1.63. The van der Waals surface area contributed by atoms with Crippen LogP contribution in [-0.4, -0.2) is 58.3 Å². The first kappa shape index (κ1) is 15.4. The van der Waals surface area contributed by atoms with E-state index in [-0.39, 0.29) is 18.4 Å². The number of imide groups is 1. The summed E-state index contributed by atoms with van der Waals surface area (Å²) < 4.78 is 0. The van der Waals surface area contributed by atoms with Crippen LogP contribution >= 0.6 is 23.1 Å². The minimum absolute atomic E-state index is 0.195. The molecule has 4 amide bonds. The molecule has 0 aliphatic carbocycles. The van der Waals surface area contributed by atoms with Crippen LogP contribution in [0.3, 0.4) is 0 Å². The van der Waals surface area contributed by atoms with Crippen molar-refractivity contribution in [3.8, 4) is 0 Å². The van der Waals surface area contributed by atoms with Crippen molar-refractivity contribution in [1.82, 2.24) is 15.1 Å². The Bertz CT molecular complexity index is 596. The van der Waals surface area contributed by atoms with Crippen molar-refractivity contribution in [3.63, 3.8) is 0 Å². The number of thiophene rings is 1. The molecule has 3 rings (SSSR count). The monoisotopic (exact) mass is 339 g/mol. The van der Waals surface area contributed by atoms with Crippen LogP contribution in [0.25, 0.3) is 0 Å². The Hall–Kier alpha value is -1.54. The third-order valence-electron chi connectivity index (χ3n) is 3.96. The molecule has 0 radical (unpaired) electrons. The second-order valence-corrected chi connectivity index (χ2v) is 7.67. The first-order chi connectivity index (χ1) is 10.5. The molecule has 1 N–H and O–H groups in total. The van der Waals surface area contributed by atoms with Gasteiger partial charge >= 0.3 is 6.03 Å². The lowest BCUT2D eigenvalue weighted by molar-refractivity contribution is -0.138. The van der Waals surface area contributed by atoms with Gasteiger partial charge in [0.1, 0.15) is 12.1 Å². The molecule has 1 aromatic rings. The van der Waals surface area contributed by atoms with Gasteiger partial charge in [0.25, 0.3) is 5.91 Å². The summed E-state index contributed by atoms with van der Waals surface area (Å²) in [7, 11) is 1.68. The molecular formula is C14H17N3O3S2. The number of carbonyl (C=O) groups is 3. The predicted molar refractivity (Wildman–Crippen MR) is 85.7 cm³/mol.